The summed E-state index contributed by atoms with van der Waals surface area (Å²) in [6, 6.07) is 5.35. The number of ether oxygens (including phenoxy) is 3. The molecule has 2 atom stereocenters. The van der Waals surface area contributed by atoms with E-state index in [9.17, 15) is 17.2 Å². The number of hydrogen-bond donors (Lipinski definition) is 1. The second kappa shape index (κ2) is 11.0. The predicted molar refractivity (Wildman–Crippen MR) is 133 cm³/mol. The fraction of sp³-hybridized carbons (Fsp3) is 0.583. The average Bonchev–Trinajstić information content (AvgIpc) is 3.22. The van der Waals surface area contributed by atoms with E-state index in [4.69, 9.17) is 14.2 Å². The van der Waals surface area contributed by atoms with Gasteiger partial charge in [0.15, 0.2) is 22.6 Å². The topological polar surface area (TPSA) is 103 Å². The minimum Gasteiger partial charge on any atom is -0.472 e. The van der Waals surface area contributed by atoms with Gasteiger partial charge in [0, 0.05) is 43.3 Å². The van der Waals surface area contributed by atoms with Gasteiger partial charge in [-0.05, 0) is 32.3 Å². The first-order valence-corrected chi connectivity index (χ1v) is 14.9. The first kappa shape index (κ1) is 26.5. The third-order valence-electron chi connectivity index (χ3n) is 6.78. The lowest BCUT2D eigenvalue weighted by molar-refractivity contribution is -0.193. The Morgan fingerprint density at radius 3 is 2.73 bits per heavy atom. The molecule has 1 aliphatic carbocycles. The molecule has 202 valence electrons. The molecule has 1 unspecified atom stereocenters. The number of rotatable bonds is 9. The summed E-state index contributed by atoms with van der Waals surface area (Å²) in [6.07, 6.45) is 5.03. The maximum absolute atomic E-state index is 14.1. The van der Waals surface area contributed by atoms with E-state index >= 15 is 0 Å². The zero-order valence-electron chi connectivity index (χ0n) is 20.5. The third kappa shape index (κ3) is 6.17. The molecular weight excluding hydrogens is 526 g/mol. The second-order valence-corrected chi connectivity index (χ2v) is 12.1. The summed E-state index contributed by atoms with van der Waals surface area (Å²) in [5, 5.41) is 0.155. The van der Waals surface area contributed by atoms with Gasteiger partial charge >= 0.3 is 10.2 Å². The van der Waals surface area contributed by atoms with Gasteiger partial charge < -0.3 is 14.2 Å². The van der Waals surface area contributed by atoms with Crippen LogP contribution in [0.4, 0.5) is 14.6 Å². The van der Waals surface area contributed by atoms with Gasteiger partial charge in [-0.2, -0.15) is 17.7 Å². The smallest absolute Gasteiger partial charge is 0.302 e. The lowest BCUT2D eigenvalue weighted by Crippen LogP contribution is -2.45. The number of thioether (sulfide) groups is 1. The van der Waals surface area contributed by atoms with E-state index in [1.807, 2.05) is 6.92 Å². The van der Waals surface area contributed by atoms with E-state index in [1.54, 1.807) is 0 Å². The Labute approximate surface area is 219 Å². The van der Waals surface area contributed by atoms with Gasteiger partial charge in [-0.15, -0.1) is 0 Å². The van der Waals surface area contributed by atoms with Crippen LogP contribution in [0.5, 0.6) is 5.88 Å². The Morgan fingerprint density at radius 1 is 1.22 bits per heavy atom. The highest BCUT2D eigenvalue weighted by Gasteiger charge is 2.44. The molecule has 3 fully saturated rings. The largest absolute Gasteiger partial charge is 0.472 e. The molecule has 1 N–H and O–H groups in total. The number of nitrogens with one attached hydrogen (secondary N) is 1. The van der Waals surface area contributed by atoms with Crippen LogP contribution >= 0.6 is 11.8 Å². The molecule has 1 aromatic heterocycles. The summed E-state index contributed by atoms with van der Waals surface area (Å²) in [6.45, 7) is 3.10. The van der Waals surface area contributed by atoms with Crippen molar-refractivity contribution in [3.05, 3.63) is 41.5 Å². The van der Waals surface area contributed by atoms with Crippen LogP contribution in [0.25, 0.3) is 0 Å². The molecule has 9 nitrogen and oxygen atoms in total. The Balaban J connectivity index is 1.33. The van der Waals surface area contributed by atoms with E-state index in [1.165, 1.54) is 28.9 Å². The van der Waals surface area contributed by atoms with Crippen molar-refractivity contribution >= 4 is 27.8 Å². The maximum Gasteiger partial charge on any atom is 0.302 e. The Hall–Kier alpha value is -2.06. The van der Waals surface area contributed by atoms with Crippen LogP contribution in [0.3, 0.4) is 0 Å². The van der Waals surface area contributed by atoms with Gasteiger partial charge in [-0.1, -0.05) is 30.3 Å². The number of hydrogen-bond acceptors (Lipinski definition) is 8. The monoisotopic (exact) mass is 556 g/mol. The van der Waals surface area contributed by atoms with E-state index < -0.39 is 33.7 Å². The summed E-state index contributed by atoms with van der Waals surface area (Å²) < 4.78 is 75.2. The van der Waals surface area contributed by atoms with Crippen LogP contribution in [-0.4, -0.2) is 60.4 Å². The molecule has 0 amide bonds. The minimum absolute atomic E-state index is 0.0265. The van der Waals surface area contributed by atoms with Crippen molar-refractivity contribution in [1.82, 2.24) is 14.3 Å². The zero-order chi connectivity index (χ0) is 26.0. The highest BCUT2D eigenvalue weighted by molar-refractivity contribution is 7.98. The lowest BCUT2D eigenvalue weighted by Gasteiger charge is -2.32. The molecule has 2 saturated heterocycles. The highest BCUT2D eigenvalue weighted by atomic mass is 32.2. The standard InChI is InChI=1S/C24H30F2N4O5S2/c1-16(19-14-33-24(35-19)9-3-2-4-10-24)34-21-13-20(29-37(31,32)30-11-6-12-30)27-23(28-21)36-15-17-7-5-8-18(25)22(17)26/h5,7-8,13,16,19H,2-4,6,9-12,14-15H2,1H3,(H,27,28,29)/t16-,19?/m0/s1. The predicted octanol–water partition coefficient (Wildman–Crippen LogP) is 4.25. The van der Waals surface area contributed by atoms with Crippen molar-refractivity contribution < 1.29 is 31.4 Å². The lowest BCUT2D eigenvalue weighted by atomic mass is 9.94. The van der Waals surface area contributed by atoms with Crippen molar-refractivity contribution in [2.24, 2.45) is 0 Å². The Bertz CT molecular complexity index is 1230. The molecule has 2 aliphatic heterocycles. The molecule has 2 aromatic rings. The van der Waals surface area contributed by atoms with Crippen LogP contribution in [0, 0.1) is 11.6 Å². The number of aromatic nitrogens is 2. The molecule has 5 rings (SSSR count). The fourth-order valence-electron chi connectivity index (χ4n) is 4.54. The molecule has 0 bridgehead atoms. The van der Waals surface area contributed by atoms with Gasteiger partial charge in [-0.25, -0.2) is 13.8 Å². The third-order valence-corrected chi connectivity index (χ3v) is 9.19. The summed E-state index contributed by atoms with van der Waals surface area (Å²) >= 11 is 1.04. The molecule has 1 aromatic carbocycles. The number of anilines is 1. The normalized spacial score (nSPS) is 22.5. The first-order valence-electron chi connectivity index (χ1n) is 12.4. The van der Waals surface area contributed by atoms with E-state index in [-0.39, 0.29) is 34.3 Å². The van der Waals surface area contributed by atoms with E-state index in [2.05, 4.69) is 14.7 Å². The van der Waals surface area contributed by atoms with Crippen molar-refractivity contribution in [2.75, 3.05) is 24.4 Å². The van der Waals surface area contributed by atoms with Crippen LogP contribution in [-0.2, 0) is 25.4 Å². The maximum atomic E-state index is 14.1. The molecule has 37 heavy (non-hydrogen) atoms. The number of halogens is 2. The molecule has 3 aliphatic rings. The fourth-order valence-corrected chi connectivity index (χ4v) is 6.60. The summed E-state index contributed by atoms with van der Waals surface area (Å²) in [4.78, 5) is 8.68. The number of nitrogens with zero attached hydrogens (tertiary/aromatic N) is 3. The van der Waals surface area contributed by atoms with Gasteiger partial charge in [0.05, 0.1) is 6.61 Å². The van der Waals surface area contributed by atoms with Crippen molar-refractivity contribution in [3.8, 4) is 5.88 Å². The van der Waals surface area contributed by atoms with Crippen LogP contribution < -0.4 is 9.46 Å². The molecular formula is C24H30F2N4O5S2. The van der Waals surface area contributed by atoms with E-state index in [0.29, 0.717) is 19.7 Å². The van der Waals surface area contributed by atoms with Gasteiger partial charge in [-0.3, -0.25) is 4.72 Å². The van der Waals surface area contributed by atoms with E-state index in [0.717, 1.165) is 49.9 Å². The molecule has 1 spiro atoms. The van der Waals surface area contributed by atoms with Crippen molar-refractivity contribution in [1.29, 1.82) is 0 Å². The van der Waals surface area contributed by atoms with Crippen LogP contribution in [0.2, 0.25) is 0 Å². The second-order valence-electron chi connectivity index (χ2n) is 9.50. The summed E-state index contributed by atoms with van der Waals surface area (Å²) in [7, 11) is -3.78. The molecule has 1 saturated carbocycles. The SMILES string of the molecule is C[C@H](Oc1cc(NS(=O)(=O)N2CCC2)nc(SCc2cccc(F)c2F)n1)C1COC2(CCCCC2)O1. The first-order chi connectivity index (χ1) is 17.7. The quantitative estimate of drug-likeness (QED) is 0.361. The van der Waals surface area contributed by atoms with Crippen LogP contribution in [0.1, 0.15) is 51.0 Å². The Kier molecular flexibility index (Phi) is 7.87. The van der Waals surface area contributed by atoms with Crippen molar-refractivity contribution in [2.45, 2.75) is 74.4 Å². The molecule has 3 heterocycles. The molecule has 13 heteroatoms. The van der Waals surface area contributed by atoms with Gasteiger partial charge in [0.1, 0.15) is 18.0 Å². The molecule has 0 radical (unpaired) electrons. The van der Waals surface area contributed by atoms with Crippen molar-refractivity contribution in [3.63, 3.8) is 0 Å². The van der Waals surface area contributed by atoms with Gasteiger partial charge in [0.2, 0.25) is 5.88 Å². The highest BCUT2D eigenvalue weighted by Crippen LogP contribution is 2.39. The summed E-state index contributed by atoms with van der Waals surface area (Å²) in [5.41, 5.74) is 0.144. The number of benzene rings is 1. The van der Waals surface area contributed by atoms with Gasteiger partial charge in [0.25, 0.3) is 0 Å². The van der Waals surface area contributed by atoms with Crippen LogP contribution in [0.15, 0.2) is 29.4 Å². The Morgan fingerprint density at radius 2 is 2.00 bits per heavy atom. The zero-order valence-corrected chi connectivity index (χ0v) is 22.1. The summed E-state index contributed by atoms with van der Waals surface area (Å²) in [5.74, 6) is -2.23. The average molecular weight is 557 g/mol. The minimum atomic E-state index is -3.78.